The number of halogens is 2. The van der Waals surface area contributed by atoms with Crippen molar-refractivity contribution >= 4 is 23.3 Å². The molecule has 0 saturated heterocycles. The topological polar surface area (TPSA) is 49.3 Å². The summed E-state index contributed by atoms with van der Waals surface area (Å²) in [6, 6.07) is 11.2. The molecule has 1 atom stereocenters. The molecule has 0 radical (unpaired) electrons. The number of carboxylic acids is 1. The van der Waals surface area contributed by atoms with Crippen molar-refractivity contribution in [3.05, 3.63) is 64.4 Å². The fraction of sp³-hybridized carbons (Fsp3) is 0.133. The third-order valence-electron chi connectivity index (χ3n) is 2.93. The van der Waals surface area contributed by atoms with Crippen LogP contribution in [0.15, 0.2) is 42.5 Å². The number of anilines is 1. The van der Waals surface area contributed by atoms with Gasteiger partial charge in [0.05, 0.1) is 5.56 Å². The van der Waals surface area contributed by atoms with Crippen molar-refractivity contribution in [2.24, 2.45) is 0 Å². The van der Waals surface area contributed by atoms with E-state index in [4.69, 9.17) is 16.7 Å². The Labute approximate surface area is 121 Å². The number of aromatic carboxylic acids is 1. The molecule has 5 heteroatoms. The van der Waals surface area contributed by atoms with Gasteiger partial charge in [0.1, 0.15) is 5.82 Å². The van der Waals surface area contributed by atoms with Gasteiger partial charge in [-0.25, -0.2) is 9.18 Å². The van der Waals surface area contributed by atoms with Crippen LogP contribution in [0.4, 0.5) is 10.1 Å². The van der Waals surface area contributed by atoms with Crippen LogP contribution in [-0.2, 0) is 0 Å². The summed E-state index contributed by atoms with van der Waals surface area (Å²) in [5, 5.41) is 12.5. The zero-order valence-corrected chi connectivity index (χ0v) is 11.5. The minimum Gasteiger partial charge on any atom is -0.478 e. The first-order chi connectivity index (χ1) is 9.47. The van der Waals surface area contributed by atoms with Crippen molar-refractivity contribution < 1.29 is 14.3 Å². The minimum atomic E-state index is -1.28. The van der Waals surface area contributed by atoms with Gasteiger partial charge in [0.25, 0.3) is 0 Å². The van der Waals surface area contributed by atoms with Crippen LogP contribution in [0.25, 0.3) is 0 Å². The summed E-state index contributed by atoms with van der Waals surface area (Å²) < 4.78 is 13.6. The minimum absolute atomic E-state index is 0.0798. The molecule has 3 nitrogen and oxygen atoms in total. The largest absolute Gasteiger partial charge is 0.478 e. The zero-order valence-electron chi connectivity index (χ0n) is 10.7. The van der Waals surface area contributed by atoms with Crippen LogP contribution in [0.5, 0.6) is 0 Å². The second kappa shape index (κ2) is 5.92. The van der Waals surface area contributed by atoms with Gasteiger partial charge < -0.3 is 10.4 Å². The van der Waals surface area contributed by atoms with Crippen LogP contribution in [0.3, 0.4) is 0 Å². The Balaban J connectivity index is 2.18. The molecule has 2 rings (SSSR count). The maximum Gasteiger partial charge on any atom is 0.338 e. The maximum absolute atomic E-state index is 13.6. The van der Waals surface area contributed by atoms with Gasteiger partial charge in [0.15, 0.2) is 0 Å². The van der Waals surface area contributed by atoms with Crippen LogP contribution in [-0.4, -0.2) is 11.1 Å². The smallest absolute Gasteiger partial charge is 0.338 e. The lowest BCUT2D eigenvalue weighted by atomic mass is 10.1. The predicted octanol–water partition coefficient (Wildman–Crippen LogP) is 4.35. The number of rotatable bonds is 4. The molecule has 0 aliphatic rings. The molecule has 0 spiro atoms. The van der Waals surface area contributed by atoms with E-state index in [2.05, 4.69) is 5.32 Å². The van der Waals surface area contributed by atoms with Gasteiger partial charge in [-0.3, -0.25) is 0 Å². The molecule has 20 heavy (non-hydrogen) atoms. The van der Waals surface area contributed by atoms with Crippen molar-refractivity contribution in [1.29, 1.82) is 0 Å². The van der Waals surface area contributed by atoms with E-state index < -0.39 is 11.8 Å². The van der Waals surface area contributed by atoms with Gasteiger partial charge in [-0.05, 0) is 42.8 Å². The number of benzene rings is 2. The molecule has 0 fully saturated rings. The number of carboxylic acid groups (broad SMARTS) is 1. The average molecular weight is 294 g/mol. The number of hydrogen-bond acceptors (Lipinski definition) is 2. The normalized spacial score (nSPS) is 11.9. The first-order valence-electron chi connectivity index (χ1n) is 6.02. The number of carbonyl (C=O) groups is 1. The van der Waals surface area contributed by atoms with E-state index in [0.717, 1.165) is 5.56 Å². The maximum atomic E-state index is 13.6. The van der Waals surface area contributed by atoms with Crippen LogP contribution >= 0.6 is 11.6 Å². The Morgan fingerprint density at radius 2 is 2.05 bits per heavy atom. The Kier molecular flexibility index (Phi) is 4.25. The van der Waals surface area contributed by atoms with Crippen LogP contribution in [0.2, 0.25) is 5.02 Å². The van der Waals surface area contributed by atoms with Gasteiger partial charge in [-0.1, -0.05) is 23.7 Å². The van der Waals surface area contributed by atoms with Gasteiger partial charge in [-0.15, -0.1) is 0 Å². The standard InChI is InChI=1S/C15H13ClFNO2/c1-9(10-3-2-4-11(16)7-10)18-12-5-6-13(15(19)20)14(17)8-12/h2-9,18H,1H3,(H,19,20). The molecule has 1 unspecified atom stereocenters. The van der Waals surface area contributed by atoms with E-state index in [-0.39, 0.29) is 11.6 Å². The molecular weight excluding hydrogens is 281 g/mol. The lowest BCUT2D eigenvalue weighted by Crippen LogP contribution is -2.08. The van der Waals surface area contributed by atoms with E-state index in [9.17, 15) is 9.18 Å². The number of nitrogens with one attached hydrogen (secondary N) is 1. The second-order valence-electron chi connectivity index (χ2n) is 4.42. The van der Waals surface area contributed by atoms with Gasteiger partial charge in [0, 0.05) is 16.8 Å². The lowest BCUT2D eigenvalue weighted by molar-refractivity contribution is 0.0692. The highest BCUT2D eigenvalue weighted by atomic mass is 35.5. The summed E-state index contributed by atoms with van der Waals surface area (Å²) in [4.78, 5) is 10.7. The molecule has 0 heterocycles. The highest BCUT2D eigenvalue weighted by molar-refractivity contribution is 6.30. The fourth-order valence-electron chi connectivity index (χ4n) is 1.89. The molecule has 2 N–H and O–H groups in total. The third-order valence-corrected chi connectivity index (χ3v) is 3.17. The Morgan fingerprint density at radius 1 is 1.30 bits per heavy atom. The first-order valence-corrected chi connectivity index (χ1v) is 6.40. The van der Waals surface area contributed by atoms with Crippen molar-refractivity contribution in [3.8, 4) is 0 Å². The molecule has 0 amide bonds. The fourth-order valence-corrected chi connectivity index (χ4v) is 2.09. The van der Waals surface area contributed by atoms with Crippen molar-refractivity contribution in [2.75, 3.05) is 5.32 Å². The molecule has 0 aliphatic carbocycles. The van der Waals surface area contributed by atoms with E-state index in [0.29, 0.717) is 10.7 Å². The van der Waals surface area contributed by atoms with E-state index >= 15 is 0 Å². The van der Waals surface area contributed by atoms with Crippen molar-refractivity contribution in [3.63, 3.8) is 0 Å². The highest BCUT2D eigenvalue weighted by Crippen LogP contribution is 2.23. The molecule has 2 aromatic carbocycles. The van der Waals surface area contributed by atoms with E-state index in [1.165, 1.54) is 18.2 Å². The van der Waals surface area contributed by atoms with Crippen molar-refractivity contribution in [1.82, 2.24) is 0 Å². The molecule has 0 bridgehead atoms. The Hall–Kier alpha value is -2.07. The third kappa shape index (κ3) is 3.27. The van der Waals surface area contributed by atoms with Gasteiger partial charge >= 0.3 is 5.97 Å². The van der Waals surface area contributed by atoms with Crippen LogP contribution in [0, 0.1) is 5.82 Å². The summed E-state index contributed by atoms with van der Waals surface area (Å²) in [7, 11) is 0. The molecular formula is C15H13ClFNO2. The highest BCUT2D eigenvalue weighted by Gasteiger charge is 2.12. The summed E-state index contributed by atoms with van der Waals surface area (Å²) >= 11 is 5.92. The van der Waals surface area contributed by atoms with Crippen LogP contribution < -0.4 is 5.32 Å². The summed E-state index contributed by atoms with van der Waals surface area (Å²) in [5.74, 6) is -2.04. The predicted molar refractivity (Wildman–Crippen MR) is 76.8 cm³/mol. The quantitative estimate of drug-likeness (QED) is 0.881. The first kappa shape index (κ1) is 14.3. The summed E-state index contributed by atoms with van der Waals surface area (Å²) in [6.07, 6.45) is 0. The molecule has 0 saturated carbocycles. The molecule has 0 aromatic heterocycles. The zero-order chi connectivity index (χ0) is 14.7. The molecule has 104 valence electrons. The van der Waals surface area contributed by atoms with Gasteiger partial charge in [-0.2, -0.15) is 0 Å². The SMILES string of the molecule is CC(Nc1ccc(C(=O)O)c(F)c1)c1cccc(Cl)c1. The number of hydrogen-bond donors (Lipinski definition) is 2. The monoisotopic (exact) mass is 293 g/mol. The molecule has 2 aromatic rings. The lowest BCUT2D eigenvalue weighted by Gasteiger charge is -2.16. The second-order valence-corrected chi connectivity index (χ2v) is 4.86. The summed E-state index contributed by atoms with van der Waals surface area (Å²) in [5.41, 5.74) is 1.13. The van der Waals surface area contributed by atoms with Crippen LogP contribution in [0.1, 0.15) is 28.9 Å². The Morgan fingerprint density at radius 3 is 2.65 bits per heavy atom. The Bertz CT molecular complexity index is 646. The summed E-state index contributed by atoms with van der Waals surface area (Å²) in [6.45, 7) is 1.91. The van der Waals surface area contributed by atoms with E-state index in [1.54, 1.807) is 6.07 Å². The molecule has 0 aliphatic heterocycles. The average Bonchev–Trinajstić information content (AvgIpc) is 2.38. The van der Waals surface area contributed by atoms with Crippen molar-refractivity contribution in [2.45, 2.75) is 13.0 Å². The van der Waals surface area contributed by atoms with E-state index in [1.807, 2.05) is 25.1 Å². The van der Waals surface area contributed by atoms with Gasteiger partial charge in [0.2, 0.25) is 0 Å².